The van der Waals surface area contributed by atoms with Gasteiger partial charge in [-0.1, -0.05) is 0 Å². The van der Waals surface area contributed by atoms with Crippen molar-refractivity contribution in [3.8, 4) is 0 Å². The van der Waals surface area contributed by atoms with Crippen molar-refractivity contribution in [2.24, 2.45) is 0 Å². The lowest BCUT2D eigenvalue weighted by molar-refractivity contribution is 0.0159. The number of nitrogens with zero attached hydrogens (tertiary/aromatic N) is 2. The highest BCUT2D eigenvalue weighted by Gasteiger charge is 2.33. The predicted molar refractivity (Wildman–Crippen MR) is 96.4 cm³/mol. The number of benzene rings is 1. The molecule has 0 saturated carbocycles. The van der Waals surface area contributed by atoms with Crippen LogP contribution in [-0.4, -0.2) is 48.8 Å². The number of halogens is 2. The van der Waals surface area contributed by atoms with Crippen molar-refractivity contribution in [3.63, 3.8) is 0 Å². The summed E-state index contributed by atoms with van der Waals surface area (Å²) in [5, 5.41) is 3.23. The third-order valence-corrected chi connectivity index (χ3v) is 4.86. The fourth-order valence-corrected chi connectivity index (χ4v) is 3.64. The minimum absolute atomic E-state index is 0.0843. The zero-order chi connectivity index (χ0) is 19.1. The molecule has 1 N–H and O–H groups in total. The number of fused-ring (bicyclic) bond motifs is 1. The molecule has 1 aromatic rings. The van der Waals surface area contributed by atoms with Gasteiger partial charge in [0.05, 0.1) is 0 Å². The van der Waals surface area contributed by atoms with Gasteiger partial charge in [-0.2, -0.15) is 0 Å². The van der Waals surface area contributed by atoms with Crippen molar-refractivity contribution in [2.45, 2.75) is 52.3 Å². The van der Waals surface area contributed by atoms with Gasteiger partial charge < -0.3 is 19.9 Å². The molecule has 0 bridgehead atoms. The molecule has 1 saturated heterocycles. The van der Waals surface area contributed by atoms with Crippen LogP contribution in [0, 0.1) is 11.6 Å². The van der Waals surface area contributed by atoms with Crippen LogP contribution < -0.4 is 10.2 Å². The Labute approximate surface area is 153 Å². The van der Waals surface area contributed by atoms with E-state index in [1.807, 2.05) is 32.6 Å². The fourth-order valence-electron chi connectivity index (χ4n) is 3.64. The van der Waals surface area contributed by atoms with E-state index in [0.717, 1.165) is 11.3 Å². The Hall–Kier alpha value is -1.89. The lowest BCUT2D eigenvalue weighted by Gasteiger charge is -2.42. The number of hydrogen-bond donors (Lipinski definition) is 1. The first-order valence-corrected chi connectivity index (χ1v) is 9.12. The molecular weight excluding hydrogens is 340 g/mol. The topological polar surface area (TPSA) is 44.8 Å². The van der Waals surface area contributed by atoms with Crippen molar-refractivity contribution in [2.75, 3.05) is 31.1 Å². The van der Waals surface area contributed by atoms with Gasteiger partial charge in [-0.3, -0.25) is 0 Å². The Kier molecular flexibility index (Phi) is 5.10. The van der Waals surface area contributed by atoms with E-state index in [-0.39, 0.29) is 12.1 Å². The zero-order valence-electron chi connectivity index (χ0n) is 15.9. The van der Waals surface area contributed by atoms with Crippen LogP contribution in [0.2, 0.25) is 0 Å². The largest absolute Gasteiger partial charge is 0.444 e. The molecule has 26 heavy (non-hydrogen) atoms. The van der Waals surface area contributed by atoms with Crippen molar-refractivity contribution in [1.29, 1.82) is 0 Å². The van der Waals surface area contributed by atoms with Crippen LogP contribution in [0.1, 0.15) is 38.8 Å². The summed E-state index contributed by atoms with van der Waals surface area (Å²) in [7, 11) is 0. The minimum atomic E-state index is -0.803. The molecule has 0 aromatic heterocycles. The van der Waals surface area contributed by atoms with Gasteiger partial charge in [0.25, 0.3) is 0 Å². The minimum Gasteiger partial charge on any atom is -0.444 e. The molecule has 3 rings (SSSR count). The van der Waals surface area contributed by atoms with Gasteiger partial charge in [0.15, 0.2) is 11.6 Å². The Morgan fingerprint density at radius 3 is 2.65 bits per heavy atom. The normalized spacial score (nSPS) is 20.8. The first kappa shape index (κ1) is 18.9. The molecule has 144 valence electrons. The fraction of sp³-hybridized carbons (Fsp3) is 0.632. The highest BCUT2D eigenvalue weighted by molar-refractivity contribution is 5.69. The monoisotopic (exact) mass is 367 g/mol. The van der Waals surface area contributed by atoms with Gasteiger partial charge in [-0.05, 0) is 51.8 Å². The summed E-state index contributed by atoms with van der Waals surface area (Å²) >= 11 is 0. The third kappa shape index (κ3) is 3.77. The molecule has 1 aromatic carbocycles. The number of carbonyl (C=O) groups is 1. The van der Waals surface area contributed by atoms with E-state index in [2.05, 4.69) is 5.32 Å². The lowest BCUT2D eigenvalue weighted by Crippen LogP contribution is -2.55. The van der Waals surface area contributed by atoms with E-state index in [4.69, 9.17) is 4.74 Å². The first-order valence-electron chi connectivity index (χ1n) is 9.12. The molecule has 1 unspecified atom stereocenters. The second-order valence-corrected chi connectivity index (χ2v) is 8.04. The molecule has 0 aliphatic carbocycles. The van der Waals surface area contributed by atoms with Gasteiger partial charge in [0.2, 0.25) is 0 Å². The SMILES string of the molecule is CC1CN(c2cc(F)c(F)c3c2CNCC3)CCN1C(=O)OC(C)(C)C. The Bertz CT molecular complexity index is 703. The second-order valence-electron chi connectivity index (χ2n) is 8.04. The van der Waals surface area contributed by atoms with E-state index >= 15 is 0 Å². The Balaban J connectivity index is 1.79. The highest BCUT2D eigenvalue weighted by Crippen LogP contribution is 2.32. The summed E-state index contributed by atoms with van der Waals surface area (Å²) in [5.41, 5.74) is 1.48. The number of amides is 1. The van der Waals surface area contributed by atoms with Gasteiger partial charge in [-0.15, -0.1) is 0 Å². The van der Waals surface area contributed by atoms with Gasteiger partial charge in [0.1, 0.15) is 5.60 Å². The molecule has 2 aliphatic rings. The van der Waals surface area contributed by atoms with Crippen LogP contribution in [0.25, 0.3) is 0 Å². The predicted octanol–water partition coefficient (Wildman–Crippen LogP) is 3.06. The lowest BCUT2D eigenvalue weighted by atomic mass is 9.97. The number of carbonyl (C=O) groups excluding carboxylic acids is 1. The summed E-state index contributed by atoms with van der Waals surface area (Å²) < 4.78 is 33.7. The van der Waals surface area contributed by atoms with E-state index in [1.165, 1.54) is 6.07 Å². The van der Waals surface area contributed by atoms with Gasteiger partial charge in [-0.25, -0.2) is 13.6 Å². The number of anilines is 1. The zero-order valence-corrected chi connectivity index (χ0v) is 15.9. The van der Waals surface area contributed by atoms with E-state index < -0.39 is 17.2 Å². The molecule has 1 atom stereocenters. The average molecular weight is 367 g/mol. The van der Waals surface area contributed by atoms with Crippen LogP contribution in [0.15, 0.2) is 6.07 Å². The number of nitrogens with one attached hydrogen (secondary N) is 1. The van der Waals surface area contributed by atoms with Crippen molar-refractivity contribution >= 4 is 11.8 Å². The highest BCUT2D eigenvalue weighted by atomic mass is 19.2. The molecular formula is C19H27F2N3O2. The number of hydrogen-bond acceptors (Lipinski definition) is 4. The van der Waals surface area contributed by atoms with Crippen LogP contribution in [0.5, 0.6) is 0 Å². The molecule has 1 amide bonds. The maximum Gasteiger partial charge on any atom is 0.410 e. The summed E-state index contributed by atoms with van der Waals surface area (Å²) in [6.45, 7) is 10.2. The van der Waals surface area contributed by atoms with Crippen LogP contribution in [0.3, 0.4) is 0 Å². The number of rotatable bonds is 1. The van der Waals surface area contributed by atoms with Gasteiger partial charge in [0, 0.05) is 44.0 Å². The van der Waals surface area contributed by atoms with Crippen molar-refractivity contribution in [1.82, 2.24) is 10.2 Å². The molecule has 0 spiro atoms. The second kappa shape index (κ2) is 7.02. The molecule has 2 aliphatic heterocycles. The van der Waals surface area contributed by atoms with Crippen LogP contribution >= 0.6 is 0 Å². The quantitative estimate of drug-likeness (QED) is 0.829. The number of piperazine rings is 1. The van der Waals surface area contributed by atoms with Crippen molar-refractivity contribution in [3.05, 3.63) is 28.8 Å². The number of ether oxygens (including phenoxy) is 1. The van der Waals surface area contributed by atoms with Crippen LogP contribution in [-0.2, 0) is 17.7 Å². The third-order valence-electron chi connectivity index (χ3n) is 4.86. The molecule has 2 heterocycles. The van der Waals surface area contributed by atoms with Crippen LogP contribution in [0.4, 0.5) is 19.3 Å². The average Bonchev–Trinajstić information content (AvgIpc) is 2.56. The first-order chi connectivity index (χ1) is 12.2. The van der Waals surface area contributed by atoms with E-state index in [9.17, 15) is 13.6 Å². The van der Waals surface area contributed by atoms with E-state index in [0.29, 0.717) is 44.7 Å². The Morgan fingerprint density at radius 1 is 1.27 bits per heavy atom. The molecule has 5 nitrogen and oxygen atoms in total. The molecule has 0 radical (unpaired) electrons. The smallest absolute Gasteiger partial charge is 0.410 e. The summed E-state index contributed by atoms with van der Waals surface area (Å²) in [4.78, 5) is 16.1. The van der Waals surface area contributed by atoms with E-state index in [1.54, 1.807) is 4.90 Å². The standard InChI is InChI=1S/C19H27F2N3O2/c1-12-11-23(7-8-24(12)18(25)26-19(2,3)4)16-9-15(20)17(21)13-5-6-22-10-14(13)16/h9,12,22H,5-8,10-11H2,1-4H3. The maximum absolute atomic E-state index is 14.1. The Morgan fingerprint density at radius 2 is 2.00 bits per heavy atom. The maximum atomic E-state index is 14.1. The summed E-state index contributed by atoms with van der Waals surface area (Å²) in [6.07, 6.45) is 0.151. The molecule has 1 fully saturated rings. The van der Waals surface area contributed by atoms with Crippen molar-refractivity contribution < 1.29 is 18.3 Å². The molecule has 7 heteroatoms. The van der Waals surface area contributed by atoms with Gasteiger partial charge >= 0.3 is 6.09 Å². The summed E-state index contributed by atoms with van der Waals surface area (Å²) in [6, 6.07) is 1.20. The summed E-state index contributed by atoms with van der Waals surface area (Å²) in [5.74, 6) is -1.53.